The number of ether oxygens (including phenoxy) is 8. The molecule has 0 aliphatic carbocycles. The summed E-state index contributed by atoms with van der Waals surface area (Å²) in [6.45, 7) is -0.0548. The number of carbonyl (C=O) groups excluding carboxylic acids is 2. The van der Waals surface area contributed by atoms with Crippen LogP contribution >= 0.6 is 0 Å². The van der Waals surface area contributed by atoms with Gasteiger partial charge in [-0.05, 0) is 42.3 Å². The minimum absolute atomic E-state index is 0.0302. The Hall–Kier alpha value is -4.18. The van der Waals surface area contributed by atoms with Crippen molar-refractivity contribution in [3.63, 3.8) is 0 Å². The van der Waals surface area contributed by atoms with Gasteiger partial charge in [0.15, 0.2) is 24.1 Å². The highest BCUT2D eigenvalue weighted by Gasteiger charge is 2.52. The van der Waals surface area contributed by atoms with Gasteiger partial charge in [-0.3, -0.25) is 4.79 Å². The molecule has 0 unspecified atom stereocenters. The molecule has 2 fully saturated rings. The quantitative estimate of drug-likeness (QED) is 0.132. The topological polar surface area (TPSA) is 270 Å². The van der Waals surface area contributed by atoms with E-state index in [-0.39, 0.29) is 48.7 Å². The molecule has 0 aromatic heterocycles. The van der Waals surface area contributed by atoms with Crippen LogP contribution in [0.15, 0.2) is 65.9 Å². The minimum atomic E-state index is -1.88. The molecule has 2 aromatic carbocycles. The second-order valence-electron chi connectivity index (χ2n) is 13.6. The van der Waals surface area contributed by atoms with Gasteiger partial charge in [0.05, 0.1) is 44.7 Å². The second kappa shape index (κ2) is 18.4. The highest BCUT2D eigenvalue weighted by molar-refractivity contribution is 5.91. The predicted molar refractivity (Wildman–Crippen MR) is 186 cm³/mol. The first-order valence-electron chi connectivity index (χ1n) is 18.1. The van der Waals surface area contributed by atoms with E-state index in [1.54, 1.807) is 43.3 Å². The zero-order chi connectivity index (χ0) is 40.1. The van der Waals surface area contributed by atoms with Crippen molar-refractivity contribution in [2.24, 2.45) is 5.92 Å². The molecule has 0 spiro atoms. The Morgan fingerprint density at radius 2 is 1.41 bits per heavy atom. The molecule has 18 heteroatoms. The van der Waals surface area contributed by atoms with Crippen LogP contribution in [0.3, 0.4) is 0 Å². The van der Waals surface area contributed by atoms with Gasteiger partial charge in [0, 0.05) is 24.3 Å². The summed E-state index contributed by atoms with van der Waals surface area (Å²) in [5.74, 6) is -1.88. The van der Waals surface area contributed by atoms with Crippen molar-refractivity contribution in [1.29, 1.82) is 0 Å². The van der Waals surface area contributed by atoms with Crippen molar-refractivity contribution in [3.8, 4) is 17.2 Å². The van der Waals surface area contributed by atoms with Crippen LogP contribution in [0.5, 0.6) is 17.2 Å². The van der Waals surface area contributed by atoms with Gasteiger partial charge in [-0.2, -0.15) is 0 Å². The Balaban J connectivity index is 1.22. The first kappa shape index (κ1) is 41.5. The van der Waals surface area contributed by atoms with E-state index in [2.05, 4.69) is 0 Å². The molecule has 4 bridgehead atoms. The fraction of sp³-hybridized carbons (Fsp3) is 0.526. The molecule has 306 valence electrons. The number of carbonyl (C=O) groups is 2. The van der Waals surface area contributed by atoms with Gasteiger partial charge in [-0.15, -0.1) is 0 Å². The lowest BCUT2D eigenvalue weighted by Crippen LogP contribution is -2.65. The third-order valence-corrected chi connectivity index (χ3v) is 9.98. The van der Waals surface area contributed by atoms with E-state index in [0.29, 0.717) is 17.7 Å². The number of aliphatic hydroxyl groups excluding tert-OH is 7. The second-order valence-corrected chi connectivity index (χ2v) is 13.6. The Labute approximate surface area is 320 Å². The van der Waals surface area contributed by atoms with Crippen molar-refractivity contribution in [1.82, 2.24) is 0 Å². The SMILES string of the molecule is C/C=C1/[C@H](O[C@@H]2O[C@@H](CO)[C@H](O)[C@H](O[C@@H]3O[C@H](CO)[C@@H](O)[C@H](O)[C@H]3O)[C@H]2O)OC=C2C(=O)OCCc3ccc(cc3)Oc3cc(ccc3O)CCOC(=O)C[C@H]21. The van der Waals surface area contributed by atoms with Crippen molar-refractivity contribution in [3.05, 3.63) is 77.1 Å². The molecular formula is C38H46O18. The minimum Gasteiger partial charge on any atom is -0.504 e. The van der Waals surface area contributed by atoms with Gasteiger partial charge in [-0.1, -0.05) is 24.3 Å². The van der Waals surface area contributed by atoms with Crippen molar-refractivity contribution in [2.75, 3.05) is 26.4 Å². The fourth-order valence-electron chi connectivity index (χ4n) is 6.79. The molecule has 5 aliphatic heterocycles. The highest BCUT2D eigenvalue weighted by Crippen LogP contribution is 2.38. The Morgan fingerprint density at radius 1 is 0.768 bits per heavy atom. The summed E-state index contributed by atoms with van der Waals surface area (Å²) < 4.78 is 45.5. The van der Waals surface area contributed by atoms with Gasteiger partial charge < -0.3 is 78.7 Å². The van der Waals surface area contributed by atoms with Crippen LogP contribution in [-0.4, -0.2) is 147 Å². The highest BCUT2D eigenvalue weighted by atomic mass is 16.8. The molecule has 5 aliphatic rings. The van der Waals surface area contributed by atoms with Gasteiger partial charge in [-0.25, -0.2) is 4.79 Å². The lowest BCUT2D eigenvalue weighted by molar-refractivity contribution is -0.369. The maximum Gasteiger partial charge on any atom is 0.337 e. The number of phenolic OH excluding ortho intramolecular Hbond substituents is 1. The van der Waals surface area contributed by atoms with E-state index < -0.39 is 98.8 Å². The fourth-order valence-corrected chi connectivity index (χ4v) is 6.79. The summed E-state index contributed by atoms with van der Waals surface area (Å²) in [7, 11) is 0. The number of esters is 2. The van der Waals surface area contributed by atoms with Crippen molar-refractivity contribution < 1.29 is 88.3 Å². The van der Waals surface area contributed by atoms with Crippen LogP contribution in [0.4, 0.5) is 0 Å². The molecule has 0 radical (unpaired) electrons. The van der Waals surface area contributed by atoms with E-state index in [9.17, 15) is 50.4 Å². The lowest BCUT2D eigenvalue weighted by atomic mass is 9.86. The van der Waals surface area contributed by atoms with E-state index in [1.807, 2.05) is 0 Å². The van der Waals surface area contributed by atoms with E-state index in [0.717, 1.165) is 11.8 Å². The molecule has 0 saturated carbocycles. The molecule has 56 heavy (non-hydrogen) atoms. The maximum absolute atomic E-state index is 13.5. The van der Waals surface area contributed by atoms with Crippen LogP contribution in [0.1, 0.15) is 24.5 Å². The van der Waals surface area contributed by atoms with Crippen LogP contribution in [0, 0.1) is 5.92 Å². The monoisotopic (exact) mass is 790 g/mol. The predicted octanol–water partition coefficient (Wildman–Crippen LogP) is -0.797. The first-order chi connectivity index (χ1) is 26.9. The first-order valence-corrected chi connectivity index (χ1v) is 18.1. The number of phenols is 1. The van der Waals surface area contributed by atoms with Crippen LogP contribution < -0.4 is 4.74 Å². The van der Waals surface area contributed by atoms with Gasteiger partial charge in [0.25, 0.3) is 0 Å². The number of hydrogen-bond acceptors (Lipinski definition) is 18. The van der Waals surface area contributed by atoms with Gasteiger partial charge in [0.1, 0.15) is 54.6 Å². The number of aliphatic hydroxyl groups is 7. The zero-order valence-corrected chi connectivity index (χ0v) is 30.2. The smallest absolute Gasteiger partial charge is 0.337 e. The standard InChI is InChI=1S/C38H46O18/c1-2-21-22-14-28(42)49-11-10-19-5-8-24(41)25(13-19)52-20-6-3-18(4-7-20)9-12-50-35(48)23(22)17-51-36(21)56-38-33(47)34(30(44)27(16-40)54-38)55-37-32(46)31(45)29(43)26(15-39)53-37/h2-8,13,17,22,26-27,29-34,36-41,43-47H,9-12,14-16H2,1H3/b21-2+/t22-,26+,27-,29+,30-,31-,32+,33+,34-,36-,37-,38-/m0/s1. The molecule has 2 aromatic rings. The molecule has 5 heterocycles. The maximum atomic E-state index is 13.5. The molecule has 7 rings (SSSR count). The third-order valence-electron chi connectivity index (χ3n) is 9.98. The largest absolute Gasteiger partial charge is 0.504 e. The van der Waals surface area contributed by atoms with Crippen LogP contribution in [0.2, 0.25) is 0 Å². The van der Waals surface area contributed by atoms with Gasteiger partial charge >= 0.3 is 11.9 Å². The van der Waals surface area contributed by atoms with Crippen LogP contribution in [-0.2, 0) is 55.6 Å². The summed E-state index contributed by atoms with van der Waals surface area (Å²) in [5, 5.41) is 83.1. The molecule has 8 N–H and O–H groups in total. The summed E-state index contributed by atoms with van der Waals surface area (Å²) in [6.07, 6.45) is -15.6. The Kier molecular flexibility index (Phi) is 13.6. The number of fused-ring (bicyclic) bond motifs is 9. The van der Waals surface area contributed by atoms with Crippen molar-refractivity contribution in [2.45, 2.75) is 93.9 Å². The van der Waals surface area contributed by atoms with Crippen molar-refractivity contribution >= 4 is 11.9 Å². The summed E-state index contributed by atoms with van der Waals surface area (Å²) in [6, 6.07) is 11.8. The molecule has 2 saturated heterocycles. The van der Waals surface area contributed by atoms with Crippen LogP contribution in [0.25, 0.3) is 0 Å². The zero-order valence-electron chi connectivity index (χ0n) is 30.2. The average molecular weight is 791 g/mol. The molecule has 0 amide bonds. The summed E-state index contributed by atoms with van der Waals surface area (Å²) >= 11 is 0. The molecule has 18 nitrogen and oxygen atoms in total. The number of hydrogen-bond donors (Lipinski definition) is 8. The summed E-state index contributed by atoms with van der Waals surface area (Å²) in [4.78, 5) is 26.8. The number of rotatable bonds is 6. The Bertz CT molecular complexity index is 1730. The average Bonchev–Trinajstić information content (AvgIpc) is 3.19. The summed E-state index contributed by atoms with van der Waals surface area (Å²) in [5.41, 5.74) is 1.73. The lowest BCUT2D eigenvalue weighted by Gasteiger charge is -2.46. The Morgan fingerprint density at radius 3 is 2.11 bits per heavy atom. The third kappa shape index (κ3) is 9.17. The normalized spacial score (nSPS) is 35.1. The molecular weight excluding hydrogens is 744 g/mol. The number of allylic oxidation sites excluding steroid dienone is 1. The van der Waals surface area contributed by atoms with E-state index >= 15 is 0 Å². The number of aromatic hydroxyl groups is 1. The van der Waals surface area contributed by atoms with Gasteiger partial charge in [0.2, 0.25) is 6.29 Å². The number of benzene rings is 2. The van der Waals surface area contributed by atoms with E-state index in [1.165, 1.54) is 12.1 Å². The van der Waals surface area contributed by atoms with E-state index in [4.69, 9.17) is 37.9 Å². The molecule has 12 atom stereocenters.